The molecule has 0 saturated carbocycles. The minimum atomic E-state index is -2.69. The fourth-order valence-electron chi connectivity index (χ4n) is 1.68. The lowest BCUT2D eigenvalue weighted by Crippen LogP contribution is -2.53. The van der Waals surface area contributed by atoms with Gasteiger partial charge in [-0.15, -0.1) is 4.31 Å². The van der Waals surface area contributed by atoms with Gasteiger partial charge in [-0.05, 0) is 20.8 Å². The first-order valence-corrected chi connectivity index (χ1v) is 7.03. The van der Waals surface area contributed by atoms with Gasteiger partial charge in [-0.25, -0.2) is 13.6 Å². The van der Waals surface area contributed by atoms with Crippen LogP contribution in [0.25, 0.3) is 0 Å². The van der Waals surface area contributed by atoms with Gasteiger partial charge >= 0.3 is 5.97 Å². The van der Waals surface area contributed by atoms with E-state index in [2.05, 4.69) is 0 Å². The average molecular weight is 283 g/mol. The van der Waals surface area contributed by atoms with Crippen molar-refractivity contribution >= 4 is 17.3 Å². The number of nitrogens with zero attached hydrogens (tertiary/aromatic N) is 1. The van der Waals surface area contributed by atoms with Gasteiger partial charge in [0.05, 0.1) is 31.1 Å². The smallest absolute Gasteiger partial charge is 0.364 e. The highest BCUT2D eigenvalue weighted by molar-refractivity contribution is 7.91. The fourth-order valence-corrected chi connectivity index (χ4v) is 3.04. The minimum Gasteiger partial charge on any atom is -0.597 e. The van der Waals surface area contributed by atoms with Crippen molar-refractivity contribution in [3.63, 3.8) is 0 Å². The van der Waals surface area contributed by atoms with E-state index in [1.807, 2.05) is 0 Å². The van der Waals surface area contributed by atoms with Gasteiger partial charge in [0.25, 0.3) is 5.92 Å². The van der Waals surface area contributed by atoms with E-state index in [1.54, 1.807) is 6.92 Å². The second kappa shape index (κ2) is 5.71. The summed E-state index contributed by atoms with van der Waals surface area (Å²) in [5.74, 6) is -3.25. The Hall–Kier alpha value is -0.400. The van der Waals surface area contributed by atoms with Gasteiger partial charge in [-0.1, -0.05) is 0 Å². The Morgan fingerprint density at radius 3 is 2.39 bits per heavy atom. The Bertz CT molecular complexity index is 303. The van der Waals surface area contributed by atoms with Crippen LogP contribution >= 0.6 is 0 Å². The van der Waals surface area contributed by atoms with E-state index in [0.717, 1.165) is 0 Å². The van der Waals surface area contributed by atoms with E-state index in [1.165, 1.54) is 18.2 Å². The molecule has 0 aromatic carbocycles. The summed E-state index contributed by atoms with van der Waals surface area (Å²) >= 11 is -1.66. The SMILES string of the molecule is CCOC(=O)C(C)(C)[S+]([O-])N1CCC(F)(F)CC1. The lowest BCUT2D eigenvalue weighted by Gasteiger charge is -2.36. The molecule has 7 heteroatoms. The summed E-state index contributed by atoms with van der Waals surface area (Å²) in [5.41, 5.74) is 0. The van der Waals surface area contributed by atoms with E-state index in [9.17, 15) is 18.1 Å². The van der Waals surface area contributed by atoms with Gasteiger partial charge in [-0.3, -0.25) is 0 Å². The van der Waals surface area contributed by atoms with Crippen LogP contribution in [0.15, 0.2) is 0 Å². The molecule has 0 N–H and O–H groups in total. The van der Waals surface area contributed by atoms with Crippen molar-refractivity contribution in [2.45, 2.75) is 44.3 Å². The second-order valence-corrected chi connectivity index (χ2v) is 6.80. The molecule has 0 amide bonds. The van der Waals surface area contributed by atoms with Crippen LogP contribution in [0.1, 0.15) is 33.6 Å². The summed E-state index contributed by atoms with van der Waals surface area (Å²) < 4.78 is 43.3. The van der Waals surface area contributed by atoms with E-state index in [-0.39, 0.29) is 32.5 Å². The van der Waals surface area contributed by atoms with Crippen molar-refractivity contribution in [1.29, 1.82) is 0 Å². The van der Waals surface area contributed by atoms with Crippen LogP contribution in [-0.2, 0) is 20.9 Å². The van der Waals surface area contributed by atoms with Gasteiger partial charge in [0.1, 0.15) is 0 Å². The maximum Gasteiger partial charge on any atom is 0.364 e. The van der Waals surface area contributed by atoms with Crippen molar-refractivity contribution in [2.75, 3.05) is 19.7 Å². The highest BCUT2D eigenvalue weighted by Crippen LogP contribution is 2.32. The number of carbonyl (C=O) groups is 1. The maximum atomic E-state index is 13.0. The monoisotopic (exact) mass is 283 g/mol. The Balaban J connectivity index is 2.64. The van der Waals surface area contributed by atoms with Crippen LogP contribution in [-0.4, -0.2) is 45.2 Å². The summed E-state index contributed by atoms with van der Waals surface area (Å²) in [4.78, 5) is 11.7. The number of hydrogen-bond donors (Lipinski definition) is 0. The molecule has 1 unspecified atom stereocenters. The zero-order valence-corrected chi connectivity index (χ0v) is 11.7. The molecule has 0 bridgehead atoms. The van der Waals surface area contributed by atoms with Gasteiger partial charge in [0.2, 0.25) is 4.75 Å². The van der Waals surface area contributed by atoms with Crippen LogP contribution in [0.4, 0.5) is 8.78 Å². The van der Waals surface area contributed by atoms with Crippen molar-refractivity contribution in [2.24, 2.45) is 0 Å². The van der Waals surface area contributed by atoms with E-state index >= 15 is 0 Å². The van der Waals surface area contributed by atoms with Crippen LogP contribution in [0.2, 0.25) is 0 Å². The molecule has 1 saturated heterocycles. The number of esters is 1. The molecule has 1 aliphatic heterocycles. The molecule has 1 aliphatic rings. The number of piperidine rings is 1. The molecule has 0 aliphatic carbocycles. The largest absolute Gasteiger partial charge is 0.597 e. The van der Waals surface area contributed by atoms with Gasteiger partial charge in [-0.2, -0.15) is 0 Å². The van der Waals surface area contributed by atoms with E-state index < -0.39 is 28.0 Å². The van der Waals surface area contributed by atoms with Crippen molar-refractivity contribution < 1.29 is 22.9 Å². The Morgan fingerprint density at radius 2 is 1.94 bits per heavy atom. The van der Waals surface area contributed by atoms with Crippen molar-refractivity contribution in [3.05, 3.63) is 0 Å². The van der Waals surface area contributed by atoms with Crippen LogP contribution < -0.4 is 0 Å². The van der Waals surface area contributed by atoms with Crippen LogP contribution in [0, 0.1) is 0 Å². The highest BCUT2D eigenvalue weighted by atomic mass is 32.2. The topological polar surface area (TPSA) is 52.6 Å². The molecule has 0 spiro atoms. The number of rotatable bonds is 4. The molecule has 0 aromatic rings. The average Bonchev–Trinajstić information content (AvgIpc) is 2.28. The third-order valence-corrected chi connectivity index (χ3v) is 4.77. The lowest BCUT2D eigenvalue weighted by atomic mass is 10.1. The predicted molar refractivity (Wildman–Crippen MR) is 64.6 cm³/mol. The number of hydrogen-bond acceptors (Lipinski definition) is 4. The molecule has 0 aromatic heterocycles. The minimum absolute atomic E-state index is 0.0302. The summed E-state index contributed by atoms with van der Waals surface area (Å²) in [7, 11) is 0. The zero-order valence-electron chi connectivity index (χ0n) is 10.9. The summed E-state index contributed by atoms with van der Waals surface area (Å²) in [6.07, 6.45) is -0.644. The molecule has 0 radical (unpaired) electrons. The Morgan fingerprint density at radius 1 is 1.44 bits per heavy atom. The van der Waals surface area contributed by atoms with Crippen molar-refractivity contribution in [3.8, 4) is 0 Å². The van der Waals surface area contributed by atoms with Gasteiger partial charge in [0.15, 0.2) is 0 Å². The van der Waals surface area contributed by atoms with Crippen molar-refractivity contribution in [1.82, 2.24) is 4.31 Å². The van der Waals surface area contributed by atoms with Gasteiger partial charge in [0, 0.05) is 12.8 Å². The predicted octanol–water partition coefficient (Wildman–Crippen LogP) is 1.72. The molecule has 18 heavy (non-hydrogen) atoms. The number of ether oxygens (including phenoxy) is 1. The maximum absolute atomic E-state index is 13.0. The normalized spacial score (nSPS) is 22.6. The number of carbonyl (C=O) groups excluding carboxylic acids is 1. The summed E-state index contributed by atoms with van der Waals surface area (Å²) in [6.45, 7) is 4.95. The first kappa shape index (κ1) is 15.7. The lowest BCUT2D eigenvalue weighted by molar-refractivity contribution is -0.145. The molecule has 1 heterocycles. The van der Waals surface area contributed by atoms with Gasteiger partial charge < -0.3 is 9.29 Å². The molecular weight excluding hydrogens is 264 g/mol. The van der Waals surface area contributed by atoms with Crippen LogP contribution in [0.5, 0.6) is 0 Å². The standard InChI is InChI=1S/C11H19F2NO3S/c1-4-17-9(15)10(2,3)18(16)14-7-5-11(12,13)6-8-14/h4-8H2,1-3H3. The molecule has 4 nitrogen and oxygen atoms in total. The van der Waals surface area contributed by atoms with E-state index in [4.69, 9.17) is 4.74 Å². The number of alkyl halides is 2. The molecule has 1 atom stereocenters. The third-order valence-electron chi connectivity index (χ3n) is 2.89. The second-order valence-electron chi connectivity index (χ2n) is 4.76. The molecule has 1 rings (SSSR count). The Kier molecular flexibility index (Phi) is 4.97. The summed E-state index contributed by atoms with van der Waals surface area (Å²) in [6, 6.07) is 0. The number of halogens is 2. The first-order chi connectivity index (χ1) is 8.20. The van der Waals surface area contributed by atoms with Crippen LogP contribution in [0.3, 0.4) is 0 Å². The third kappa shape index (κ3) is 3.55. The Labute approximate surface area is 109 Å². The quantitative estimate of drug-likeness (QED) is 0.582. The zero-order chi connectivity index (χ0) is 14.0. The highest BCUT2D eigenvalue weighted by Gasteiger charge is 2.48. The molecule has 106 valence electrons. The fraction of sp³-hybridized carbons (Fsp3) is 0.909. The summed E-state index contributed by atoms with van der Waals surface area (Å²) in [5, 5.41) is 0. The van der Waals surface area contributed by atoms with E-state index in [0.29, 0.717) is 0 Å². The molecular formula is C11H19F2NO3S. The molecule has 1 fully saturated rings. The first-order valence-electron chi connectivity index (χ1n) is 5.92.